The van der Waals surface area contributed by atoms with Crippen LogP contribution in [0, 0.1) is 5.92 Å². The Morgan fingerprint density at radius 2 is 1.96 bits per heavy atom. The Labute approximate surface area is 147 Å². The van der Waals surface area contributed by atoms with Crippen LogP contribution in [0.1, 0.15) is 24.9 Å². The molecule has 25 heavy (non-hydrogen) atoms. The number of hydrogen-bond acceptors (Lipinski definition) is 3. The Bertz CT molecular complexity index is 761. The van der Waals surface area contributed by atoms with Crippen LogP contribution in [-0.2, 0) is 9.59 Å². The molecule has 0 aliphatic carbocycles. The average molecular weight is 338 g/mol. The second-order valence-corrected chi connectivity index (χ2v) is 6.26. The summed E-state index contributed by atoms with van der Waals surface area (Å²) in [5, 5.41) is 2.88. The molecule has 0 spiro atoms. The normalized spacial score (nSPS) is 18.1. The van der Waals surface area contributed by atoms with Crippen LogP contribution in [0.3, 0.4) is 0 Å². The maximum atomic E-state index is 12.5. The van der Waals surface area contributed by atoms with Crippen molar-refractivity contribution in [3.8, 4) is 5.75 Å². The molecule has 0 bridgehead atoms. The van der Waals surface area contributed by atoms with E-state index in [1.807, 2.05) is 55.5 Å². The van der Waals surface area contributed by atoms with Gasteiger partial charge in [-0.25, -0.2) is 0 Å². The van der Waals surface area contributed by atoms with Crippen molar-refractivity contribution < 1.29 is 14.3 Å². The van der Waals surface area contributed by atoms with E-state index >= 15 is 0 Å². The van der Waals surface area contributed by atoms with Crippen LogP contribution in [-0.4, -0.2) is 30.4 Å². The molecule has 5 nitrogen and oxygen atoms in total. The van der Waals surface area contributed by atoms with Gasteiger partial charge in [0.2, 0.25) is 11.8 Å². The number of benzene rings is 2. The highest BCUT2D eigenvalue weighted by Gasteiger charge is 2.37. The molecule has 2 atom stereocenters. The quantitative estimate of drug-likeness (QED) is 0.910. The summed E-state index contributed by atoms with van der Waals surface area (Å²) in [6, 6.07) is 17.0. The zero-order valence-electron chi connectivity index (χ0n) is 14.4. The van der Waals surface area contributed by atoms with Gasteiger partial charge in [0.1, 0.15) is 5.75 Å². The lowest BCUT2D eigenvalue weighted by molar-refractivity contribution is -0.129. The zero-order valence-corrected chi connectivity index (χ0v) is 14.4. The molecule has 2 amide bonds. The highest BCUT2D eigenvalue weighted by atomic mass is 16.5. The smallest absolute Gasteiger partial charge is 0.229 e. The van der Waals surface area contributed by atoms with Gasteiger partial charge in [0.25, 0.3) is 0 Å². The second kappa shape index (κ2) is 7.38. The van der Waals surface area contributed by atoms with Crippen molar-refractivity contribution in [2.45, 2.75) is 19.4 Å². The standard InChI is InChI=1S/C20H22N2O3/c1-14(15-7-4-3-5-8-15)22-13-16(11-19(22)23)20(24)21-17-9-6-10-18(12-17)25-2/h3-10,12,14,16H,11,13H2,1-2H3,(H,21,24)/t14-,16-/m0/s1. The maximum Gasteiger partial charge on any atom is 0.229 e. The van der Waals surface area contributed by atoms with E-state index in [-0.39, 0.29) is 30.2 Å². The number of carbonyl (C=O) groups is 2. The predicted octanol–water partition coefficient (Wildman–Crippen LogP) is 3.24. The summed E-state index contributed by atoms with van der Waals surface area (Å²) < 4.78 is 5.16. The number of nitrogens with zero attached hydrogens (tertiary/aromatic N) is 1. The monoisotopic (exact) mass is 338 g/mol. The lowest BCUT2D eigenvalue weighted by Crippen LogP contribution is -2.30. The van der Waals surface area contributed by atoms with Crippen LogP contribution < -0.4 is 10.1 Å². The molecule has 1 aliphatic heterocycles. The molecule has 0 radical (unpaired) electrons. The van der Waals surface area contributed by atoms with Gasteiger partial charge in [0.15, 0.2) is 0 Å². The SMILES string of the molecule is COc1cccc(NC(=O)[C@H]2CC(=O)N([C@@H](C)c3ccccc3)C2)c1. The van der Waals surface area contributed by atoms with E-state index in [0.717, 1.165) is 5.56 Å². The van der Waals surface area contributed by atoms with Crippen molar-refractivity contribution in [3.63, 3.8) is 0 Å². The first-order valence-corrected chi connectivity index (χ1v) is 8.38. The number of nitrogens with one attached hydrogen (secondary N) is 1. The van der Waals surface area contributed by atoms with Crippen molar-refractivity contribution in [2.75, 3.05) is 19.0 Å². The molecule has 1 N–H and O–H groups in total. The molecule has 1 heterocycles. The number of hydrogen-bond donors (Lipinski definition) is 1. The van der Waals surface area contributed by atoms with Crippen LogP contribution in [0.5, 0.6) is 5.75 Å². The molecule has 1 fully saturated rings. The summed E-state index contributed by atoms with van der Waals surface area (Å²) in [7, 11) is 1.58. The van der Waals surface area contributed by atoms with Gasteiger partial charge in [-0.2, -0.15) is 0 Å². The second-order valence-electron chi connectivity index (χ2n) is 6.26. The van der Waals surface area contributed by atoms with Crippen LogP contribution >= 0.6 is 0 Å². The zero-order chi connectivity index (χ0) is 17.8. The summed E-state index contributed by atoms with van der Waals surface area (Å²) in [5.74, 6) is 0.219. The molecule has 1 aliphatic rings. The fraction of sp³-hybridized carbons (Fsp3) is 0.300. The van der Waals surface area contributed by atoms with E-state index in [1.165, 1.54) is 0 Å². The third kappa shape index (κ3) is 3.82. The molecular formula is C20H22N2O3. The maximum absolute atomic E-state index is 12.5. The molecule has 0 aromatic heterocycles. The van der Waals surface area contributed by atoms with Crippen molar-refractivity contribution in [1.29, 1.82) is 0 Å². The fourth-order valence-electron chi connectivity index (χ4n) is 3.14. The van der Waals surface area contributed by atoms with Gasteiger partial charge < -0.3 is 15.0 Å². The summed E-state index contributed by atoms with van der Waals surface area (Å²) >= 11 is 0. The highest BCUT2D eigenvalue weighted by Crippen LogP contribution is 2.29. The van der Waals surface area contributed by atoms with Gasteiger partial charge in [-0.3, -0.25) is 9.59 Å². The number of rotatable bonds is 5. The predicted molar refractivity (Wildman–Crippen MR) is 96.3 cm³/mol. The molecule has 0 unspecified atom stereocenters. The third-order valence-electron chi connectivity index (χ3n) is 4.62. The Balaban J connectivity index is 1.66. The summed E-state index contributed by atoms with van der Waals surface area (Å²) in [6.45, 7) is 2.43. The molecule has 5 heteroatoms. The van der Waals surface area contributed by atoms with Gasteiger partial charge in [-0.05, 0) is 24.6 Å². The van der Waals surface area contributed by atoms with E-state index in [9.17, 15) is 9.59 Å². The summed E-state index contributed by atoms with van der Waals surface area (Å²) in [6.07, 6.45) is 0.243. The first-order valence-electron chi connectivity index (χ1n) is 8.38. The Morgan fingerprint density at radius 1 is 1.20 bits per heavy atom. The Kier molecular flexibility index (Phi) is 5.03. The molecule has 1 saturated heterocycles. The van der Waals surface area contributed by atoms with Gasteiger partial charge in [0.05, 0.1) is 19.1 Å². The van der Waals surface area contributed by atoms with Crippen molar-refractivity contribution in [1.82, 2.24) is 4.90 Å². The van der Waals surface area contributed by atoms with Crippen LogP contribution in [0.4, 0.5) is 5.69 Å². The lowest BCUT2D eigenvalue weighted by Gasteiger charge is -2.25. The molecule has 2 aromatic rings. The Morgan fingerprint density at radius 3 is 2.68 bits per heavy atom. The number of carbonyl (C=O) groups excluding carboxylic acids is 2. The summed E-state index contributed by atoms with van der Waals surface area (Å²) in [4.78, 5) is 26.7. The van der Waals surface area contributed by atoms with Crippen LogP contribution in [0.2, 0.25) is 0 Å². The van der Waals surface area contributed by atoms with E-state index < -0.39 is 0 Å². The van der Waals surface area contributed by atoms with Crippen molar-refractivity contribution in [2.24, 2.45) is 5.92 Å². The van der Waals surface area contributed by atoms with Gasteiger partial charge in [0, 0.05) is 24.7 Å². The van der Waals surface area contributed by atoms with E-state index in [2.05, 4.69) is 5.32 Å². The van der Waals surface area contributed by atoms with E-state index in [1.54, 1.807) is 18.1 Å². The molecule has 130 valence electrons. The molecule has 2 aromatic carbocycles. The number of methoxy groups -OCH3 is 1. The number of anilines is 1. The van der Waals surface area contributed by atoms with Gasteiger partial charge >= 0.3 is 0 Å². The highest BCUT2D eigenvalue weighted by molar-refractivity contribution is 5.97. The van der Waals surface area contributed by atoms with E-state index in [0.29, 0.717) is 18.0 Å². The minimum absolute atomic E-state index is 0.0159. The van der Waals surface area contributed by atoms with Gasteiger partial charge in [-0.15, -0.1) is 0 Å². The average Bonchev–Trinajstić information content (AvgIpc) is 3.04. The van der Waals surface area contributed by atoms with Crippen LogP contribution in [0.25, 0.3) is 0 Å². The third-order valence-corrected chi connectivity index (χ3v) is 4.62. The minimum atomic E-state index is -0.343. The van der Waals surface area contributed by atoms with Crippen molar-refractivity contribution in [3.05, 3.63) is 60.2 Å². The Hall–Kier alpha value is -2.82. The first kappa shape index (κ1) is 17.0. The number of likely N-dealkylation sites (tertiary alicyclic amines) is 1. The first-order chi connectivity index (χ1) is 12.1. The lowest BCUT2D eigenvalue weighted by atomic mass is 10.1. The largest absolute Gasteiger partial charge is 0.497 e. The van der Waals surface area contributed by atoms with Gasteiger partial charge in [-0.1, -0.05) is 36.4 Å². The molecular weight excluding hydrogens is 316 g/mol. The van der Waals surface area contributed by atoms with E-state index in [4.69, 9.17) is 4.74 Å². The van der Waals surface area contributed by atoms with Crippen molar-refractivity contribution >= 4 is 17.5 Å². The number of amides is 2. The summed E-state index contributed by atoms with van der Waals surface area (Å²) in [5.41, 5.74) is 1.75. The van der Waals surface area contributed by atoms with Crippen LogP contribution in [0.15, 0.2) is 54.6 Å². The number of ether oxygens (including phenoxy) is 1. The molecule has 3 rings (SSSR count). The molecule has 0 saturated carbocycles. The fourth-order valence-corrected chi connectivity index (χ4v) is 3.14. The topological polar surface area (TPSA) is 58.6 Å². The minimum Gasteiger partial charge on any atom is -0.497 e.